The highest BCUT2D eigenvalue weighted by atomic mass is 32.2. The first-order valence-electron chi connectivity index (χ1n) is 8.47. The molecule has 0 saturated carbocycles. The zero-order chi connectivity index (χ0) is 19.3. The van der Waals surface area contributed by atoms with Gasteiger partial charge in [-0.25, -0.2) is 13.4 Å². The van der Waals surface area contributed by atoms with Crippen molar-refractivity contribution in [3.8, 4) is 23.0 Å². The topological polar surface area (TPSA) is 67.3 Å². The Morgan fingerprint density at radius 1 is 1.00 bits per heavy atom. The van der Waals surface area contributed by atoms with Crippen molar-refractivity contribution in [2.24, 2.45) is 0 Å². The summed E-state index contributed by atoms with van der Waals surface area (Å²) in [7, 11) is -3.45. The SMILES string of the molecule is Cc1ccc(C#Cc2ccccn2)cc1-c1ccc(S(=O)(=O)CCO)cc1. The molecule has 4 nitrogen and oxygen atoms in total. The Hall–Kier alpha value is -2.94. The number of sulfone groups is 1. The highest BCUT2D eigenvalue weighted by molar-refractivity contribution is 7.91. The number of aliphatic hydroxyl groups excluding tert-OH is 1. The lowest BCUT2D eigenvalue weighted by Crippen LogP contribution is -2.09. The summed E-state index contributed by atoms with van der Waals surface area (Å²) in [5.74, 6) is 5.88. The van der Waals surface area contributed by atoms with Crippen molar-refractivity contribution in [3.63, 3.8) is 0 Å². The summed E-state index contributed by atoms with van der Waals surface area (Å²) in [6.45, 7) is 1.61. The molecule has 1 N–H and O–H groups in total. The van der Waals surface area contributed by atoms with E-state index in [0.29, 0.717) is 5.69 Å². The maximum absolute atomic E-state index is 12.0. The van der Waals surface area contributed by atoms with Crippen molar-refractivity contribution in [2.45, 2.75) is 11.8 Å². The van der Waals surface area contributed by atoms with Crippen LogP contribution in [0.3, 0.4) is 0 Å². The van der Waals surface area contributed by atoms with E-state index in [0.717, 1.165) is 22.3 Å². The molecule has 5 heteroatoms. The number of benzene rings is 2. The maximum Gasteiger partial charge on any atom is 0.180 e. The molecule has 1 aromatic heterocycles. The number of aliphatic hydroxyl groups is 1. The normalized spacial score (nSPS) is 10.9. The van der Waals surface area contributed by atoms with Gasteiger partial charge in [-0.05, 0) is 65.9 Å². The van der Waals surface area contributed by atoms with E-state index in [9.17, 15) is 8.42 Å². The summed E-state index contributed by atoms with van der Waals surface area (Å²) < 4.78 is 24.1. The van der Waals surface area contributed by atoms with Crippen LogP contribution in [-0.2, 0) is 9.84 Å². The summed E-state index contributed by atoms with van der Waals surface area (Å²) >= 11 is 0. The third kappa shape index (κ3) is 4.62. The zero-order valence-corrected chi connectivity index (χ0v) is 15.7. The molecule has 2 aromatic carbocycles. The molecule has 0 aliphatic carbocycles. The summed E-state index contributed by atoms with van der Waals surface area (Å²) in [5.41, 5.74) is 4.55. The number of hydrogen-bond donors (Lipinski definition) is 1. The molecule has 0 spiro atoms. The summed E-state index contributed by atoms with van der Waals surface area (Å²) in [5, 5.41) is 8.90. The maximum atomic E-state index is 12.0. The number of nitrogens with zero attached hydrogens (tertiary/aromatic N) is 1. The van der Waals surface area contributed by atoms with Crippen molar-refractivity contribution in [3.05, 3.63) is 83.7 Å². The Balaban J connectivity index is 1.92. The van der Waals surface area contributed by atoms with Gasteiger partial charge in [-0.1, -0.05) is 30.2 Å². The van der Waals surface area contributed by atoms with Gasteiger partial charge in [0.15, 0.2) is 9.84 Å². The van der Waals surface area contributed by atoms with Crippen molar-refractivity contribution in [1.82, 2.24) is 4.98 Å². The molecular formula is C22H19NO3S. The lowest BCUT2D eigenvalue weighted by atomic mass is 9.98. The monoisotopic (exact) mass is 377 g/mol. The lowest BCUT2D eigenvalue weighted by Gasteiger charge is -2.08. The molecule has 0 aliphatic heterocycles. The van der Waals surface area contributed by atoms with Gasteiger partial charge in [-0.3, -0.25) is 0 Å². The van der Waals surface area contributed by atoms with E-state index < -0.39 is 9.84 Å². The highest BCUT2D eigenvalue weighted by Gasteiger charge is 2.13. The second kappa shape index (κ2) is 8.17. The van der Waals surface area contributed by atoms with Crippen LogP contribution >= 0.6 is 0 Å². The largest absolute Gasteiger partial charge is 0.395 e. The smallest absolute Gasteiger partial charge is 0.180 e. The Bertz CT molecular complexity index is 1090. The molecule has 0 unspecified atom stereocenters. The molecule has 27 heavy (non-hydrogen) atoms. The molecule has 0 saturated heterocycles. The summed E-state index contributed by atoms with van der Waals surface area (Å²) in [4.78, 5) is 4.40. The van der Waals surface area contributed by atoms with Crippen LogP contribution in [0.5, 0.6) is 0 Å². The van der Waals surface area contributed by atoms with Gasteiger partial charge in [-0.15, -0.1) is 0 Å². The number of rotatable bonds is 4. The second-order valence-corrected chi connectivity index (χ2v) is 8.17. The Labute approximate surface area is 159 Å². The summed E-state index contributed by atoms with van der Waals surface area (Å²) in [6, 6.07) is 18.2. The van der Waals surface area contributed by atoms with Crippen molar-refractivity contribution >= 4 is 9.84 Å². The fraction of sp³-hybridized carbons (Fsp3) is 0.136. The minimum absolute atomic E-state index is 0.212. The predicted molar refractivity (Wildman–Crippen MR) is 106 cm³/mol. The molecule has 0 atom stereocenters. The van der Waals surface area contributed by atoms with Gasteiger partial charge in [0.05, 0.1) is 17.3 Å². The van der Waals surface area contributed by atoms with E-state index in [1.54, 1.807) is 30.5 Å². The van der Waals surface area contributed by atoms with Gasteiger partial charge in [0, 0.05) is 11.8 Å². The first kappa shape index (κ1) is 18.8. The average Bonchev–Trinajstić information content (AvgIpc) is 2.68. The Kier molecular flexibility index (Phi) is 5.70. The third-order valence-corrected chi connectivity index (χ3v) is 5.83. The fourth-order valence-corrected chi connectivity index (χ4v) is 3.69. The molecule has 0 radical (unpaired) electrons. The van der Waals surface area contributed by atoms with Crippen LogP contribution in [-0.4, -0.2) is 30.9 Å². The lowest BCUT2D eigenvalue weighted by molar-refractivity contribution is 0.319. The Morgan fingerprint density at radius 2 is 1.78 bits per heavy atom. The van der Waals surface area contributed by atoms with E-state index in [2.05, 4.69) is 16.8 Å². The number of pyridine rings is 1. The number of aryl methyl sites for hydroxylation is 1. The van der Waals surface area contributed by atoms with E-state index >= 15 is 0 Å². The zero-order valence-electron chi connectivity index (χ0n) is 14.9. The summed E-state index contributed by atoms with van der Waals surface area (Å²) in [6.07, 6.45) is 1.71. The van der Waals surface area contributed by atoms with Gasteiger partial charge in [0.1, 0.15) is 5.69 Å². The van der Waals surface area contributed by atoms with E-state index in [-0.39, 0.29) is 17.3 Å². The molecular weight excluding hydrogens is 358 g/mol. The second-order valence-electron chi connectivity index (χ2n) is 6.06. The minimum Gasteiger partial charge on any atom is -0.395 e. The van der Waals surface area contributed by atoms with Crippen molar-refractivity contribution in [1.29, 1.82) is 0 Å². The van der Waals surface area contributed by atoms with Crippen LogP contribution in [0.2, 0.25) is 0 Å². The molecule has 3 rings (SSSR count). The van der Waals surface area contributed by atoms with Crippen molar-refractivity contribution < 1.29 is 13.5 Å². The van der Waals surface area contributed by atoms with E-state index in [1.165, 1.54) is 0 Å². The molecule has 136 valence electrons. The highest BCUT2D eigenvalue weighted by Crippen LogP contribution is 2.26. The van der Waals surface area contributed by atoms with E-state index in [1.807, 2.05) is 43.3 Å². The predicted octanol–water partition coefficient (Wildman–Crippen LogP) is 3.22. The first-order chi connectivity index (χ1) is 13.0. The standard InChI is InChI=1S/C22H19NO3S/c1-17-5-6-18(7-10-20-4-2-3-13-23-20)16-22(17)19-8-11-21(12-9-19)27(25,26)15-14-24/h2-6,8-9,11-13,16,24H,14-15H2,1H3. The molecule has 0 bridgehead atoms. The average molecular weight is 377 g/mol. The van der Waals surface area contributed by atoms with Crippen LogP contribution in [0.25, 0.3) is 11.1 Å². The third-order valence-electron chi connectivity index (χ3n) is 4.12. The number of aromatic nitrogens is 1. The van der Waals surface area contributed by atoms with Gasteiger partial charge in [0.25, 0.3) is 0 Å². The van der Waals surface area contributed by atoms with Gasteiger partial charge >= 0.3 is 0 Å². The van der Waals surface area contributed by atoms with E-state index in [4.69, 9.17) is 5.11 Å². The van der Waals surface area contributed by atoms with Crippen LogP contribution in [0.4, 0.5) is 0 Å². The van der Waals surface area contributed by atoms with Gasteiger partial charge < -0.3 is 5.11 Å². The van der Waals surface area contributed by atoms with Crippen LogP contribution in [0.15, 0.2) is 71.8 Å². The fourth-order valence-electron chi connectivity index (χ4n) is 2.66. The quantitative estimate of drug-likeness (QED) is 0.709. The van der Waals surface area contributed by atoms with Gasteiger partial charge in [0.2, 0.25) is 0 Å². The molecule has 0 fully saturated rings. The molecule has 3 aromatic rings. The Morgan fingerprint density at radius 3 is 2.44 bits per heavy atom. The van der Waals surface area contributed by atoms with Crippen LogP contribution in [0, 0.1) is 18.8 Å². The number of hydrogen-bond acceptors (Lipinski definition) is 4. The van der Waals surface area contributed by atoms with Crippen molar-refractivity contribution in [2.75, 3.05) is 12.4 Å². The first-order valence-corrected chi connectivity index (χ1v) is 10.1. The molecule has 0 aliphatic rings. The van der Waals surface area contributed by atoms with Crippen LogP contribution in [0.1, 0.15) is 16.8 Å². The molecule has 1 heterocycles. The minimum atomic E-state index is -3.45. The van der Waals surface area contributed by atoms with Gasteiger partial charge in [-0.2, -0.15) is 0 Å². The van der Waals surface area contributed by atoms with Crippen LogP contribution < -0.4 is 0 Å². The molecule has 0 amide bonds.